The van der Waals surface area contributed by atoms with Gasteiger partial charge in [0, 0.05) is 23.4 Å². The molecule has 2 N–H and O–H groups in total. The number of benzene rings is 2. The van der Waals surface area contributed by atoms with E-state index in [2.05, 4.69) is 18.8 Å². The fourth-order valence-corrected chi connectivity index (χ4v) is 3.03. The lowest BCUT2D eigenvalue weighted by Gasteiger charge is -2.11. The van der Waals surface area contributed by atoms with E-state index in [1.807, 2.05) is 68.4 Å². The summed E-state index contributed by atoms with van der Waals surface area (Å²) in [5.74, 6) is 1.39. The number of amidine groups is 1. The van der Waals surface area contributed by atoms with Crippen LogP contribution in [0.5, 0.6) is 5.75 Å². The summed E-state index contributed by atoms with van der Waals surface area (Å²) in [4.78, 5) is 9.21. The van der Waals surface area contributed by atoms with Crippen LogP contribution in [0.1, 0.15) is 58.1 Å². The molecule has 29 heavy (non-hydrogen) atoms. The van der Waals surface area contributed by atoms with Gasteiger partial charge in [-0.2, -0.15) is 0 Å². The van der Waals surface area contributed by atoms with Gasteiger partial charge in [-0.3, -0.25) is 9.98 Å². The van der Waals surface area contributed by atoms with Gasteiger partial charge in [-0.25, -0.2) is 0 Å². The van der Waals surface area contributed by atoms with Gasteiger partial charge in [0.2, 0.25) is 0 Å². The van der Waals surface area contributed by atoms with E-state index in [1.165, 1.54) is 5.57 Å². The minimum absolute atomic E-state index is 0.526. The van der Waals surface area contributed by atoms with Crippen molar-refractivity contribution in [1.29, 1.82) is 0 Å². The number of hydrogen-bond acceptors (Lipinski definition) is 3. The lowest BCUT2D eigenvalue weighted by molar-refractivity contribution is 0.320. The summed E-state index contributed by atoms with van der Waals surface area (Å²) in [7, 11) is 0. The van der Waals surface area contributed by atoms with Crippen LogP contribution in [0.2, 0.25) is 0 Å². The van der Waals surface area contributed by atoms with Crippen LogP contribution in [0.3, 0.4) is 0 Å². The van der Waals surface area contributed by atoms with Crippen LogP contribution < -0.4 is 10.5 Å². The van der Waals surface area contributed by atoms with E-state index in [1.54, 1.807) is 0 Å². The molecule has 0 heterocycles. The Morgan fingerprint density at radius 1 is 0.966 bits per heavy atom. The Morgan fingerprint density at radius 3 is 2.41 bits per heavy atom. The highest BCUT2D eigenvalue weighted by molar-refractivity contribution is 5.97. The molecule has 0 aliphatic rings. The molecule has 0 saturated heterocycles. The summed E-state index contributed by atoms with van der Waals surface area (Å²) >= 11 is 0. The van der Waals surface area contributed by atoms with Crippen LogP contribution in [0.25, 0.3) is 0 Å². The van der Waals surface area contributed by atoms with Gasteiger partial charge >= 0.3 is 0 Å². The molecule has 2 rings (SSSR count). The number of rotatable bonds is 10. The van der Waals surface area contributed by atoms with E-state index in [0.29, 0.717) is 19.0 Å². The van der Waals surface area contributed by atoms with Crippen molar-refractivity contribution in [2.24, 2.45) is 15.7 Å². The van der Waals surface area contributed by atoms with Crippen molar-refractivity contribution in [3.05, 3.63) is 77.0 Å². The van der Waals surface area contributed by atoms with Gasteiger partial charge in [-0.1, -0.05) is 61.4 Å². The minimum atomic E-state index is 0.526. The highest BCUT2D eigenvalue weighted by Gasteiger charge is 2.04. The number of hydrogen-bond donors (Lipinski definition) is 1. The molecule has 0 aliphatic carbocycles. The summed E-state index contributed by atoms with van der Waals surface area (Å²) in [5, 5.41) is 0. The van der Waals surface area contributed by atoms with Gasteiger partial charge in [0.05, 0.1) is 13.2 Å². The van der Waals surface area contributed by atoms with Gasteiger partial charge in [-0.05, 0) is 44.9 Å². The number of ether oxygens (including phenoxy) is 1. The molecule has 0 atom stereocenters. The average Bonchev–Trinajstić information content (AvgIpc) is 2.72. The summed E-state index contributed by atoms with van der Waals surface area (Å²) in [6.07, 6.45) is 3.01. The Labute approximate surface area is 175 Å². The van der Waals surface area contributed by atoms with E-state index in [4.69, 9.17) is 15.5 Å². The van der Waals surface area contributed by atoms with Crippen LogP contribution >= 0.6 is 0 Å². The minimum Gasteiger partial charge on any atom is -0.493 e. The van der Waals surface area contributed by atoms with Crippen molar-refractivity contribution in [2.45, 2.75) is 53.5 Å². The van der Waals surface area contributed by atoms with Crippen molar-refractivity contribution in [3.63, 3.8) is 0 Å². The number of nitrogens with two attached hydrogens (primary N) is 1. The summed E-state index contributed by atoms with van der Waals surface area (Å²) in [6.45, 7) is 9.56. The van der Waals surface area contributed by atoms with E-state index < -0.39 is 0 Å². The molecule has 0 saturated carbocycles. The standard InChI is InChI=1S/C25H33N3O/c1-5-10-20(4)24(28-19(2)3)15-16-29-23-14-9-11-21(17-23)18-27-25(26)22-12-7-6-8-13-22/h6-9,11-14,17H,5,10,15-16,18H2,1-4H3,(H2,26,27)/b24-20-. The van der Waals surface area contributed by atoms with E-state index in [0.717, 1.165) is 47.5 Å². The Kier molecular flexibility index (Phi) is 9.16. The monoisotopic (exact) mass is 391 g/mol. The topological polar surface area (TPSA) is 60.0 Å². The molecule has 0 unspecified atom stereocenters. The molecule has 154 valence electrons. The Morgan fingerprint density at radius 2 is 1.72 bits per heavy atom. The van der Waals surface area contributed by atoms with Crippen LogP contribution in [0.4, 0.5) is 0 Å². The van der Waals surface area contributed by atoms with Gasteiger partial charge in [0.15, 0.2) is 0 Å². The second-order valence-electron chi connectivity index (χ2n) is 7.35. The van der Waals surface area contributed by atoms with Crippen molar-refractivity contribution in [2.75, 3.05) is 6.61 Å². The number of nitrogens with zero attached hydrogens (tertiary/aromatic N) is 2. The lowest BCUT2D eigenvalue weighted by atomic mass is 10.1. The predicted octanol–water partition coefficient (Wildman–Crippen LogP) is 5.92. The fourth-order valence-electron chi connectivity index (χ4n) is 3.03. The van der Waals surface area contributed by atoms with Crippen molar-refractivity contribution in [1.82, 2.24) is 0 Å². The molecule has 2 aromatic carbocycles. The van der Waals surface area contributed by atoms with E-state index in [-0.39, 0.29) is 0 Å². The van der Waals surface area contributed by atoms with Gasteiger partial charge < -0.3 is 10.5 Å². The first-order valence-electron chi connectivity index (χ1n) is 10.3. The first kappa shape index (κ1) is 22.4. The maximum atomic E-state index is 6.09. The number of aliphatic imine (C=N–C) groups is 2. The zero-order chi connectivity index (χ0) is 21.1. The Bertz CT molecular complexity index is 863. The normalized spacial score (nSPS) is 12.3. The summed E-state index contributed by atoms with van der Waals surface area (Å²) in [5.41, 5.74) is 11.7. The van der Waals surface area contributed by atoms with Crippen LogP contribution in [0, 0.1) is 0 Å². The van der Waals surface area contributed by atoms with Crippen LogP contribution in [-0.2, 0) is 6.54 Å². The Hall–Kier alpha value is -2.88. The van der Waals surface area contributed by atoms with Crippen molar-refractivity contribution < 1.29 is 4.74 Å². The molecule has 0 aliphatic heterocycles. The number of allylic oxidation sites excluding steroid dienone is 1. The highest BCUT2D eigenvalue weighted by atomic mass is 16.5. The maximum Gasteiger partial charge on any atom is 0.125 e. The third kappa shape index (κ3) is 7.94. The van der Waals surface area contributed by atoms with Crippen LogP contribution in [0.15, 0.2) is 75.9 Å². The molecule has 0 spiro atoms. The maximum absolute atomic E-state index is 6.09. The summed E-state index contributed by atoms with van der Waals surface area (Å²) in [6, 6.07) is 17.8. The lowest BCUT2D eigenvalue weighted by Crippen LogP contribution is -2.13. The fraction of sp³-hybridized carbons (Fsp3) is 0.360. The molecule has 4 heteroatoms. The second kappa shape index (κ2) is 11.8. The quantitative estimate of drug-likeness (QED) is 0.404. The molecule has 0 radical (unpaired) electrons. The van der Waals surface area contributed by atoms with Crippen molar-refractivity contribution in [3.8, 4) is 5.75 Å². The van der Waals surface area contributed by atoms with Gasteiger partial charge in [-0.15, -0.1) is 0 Å². The van der Waals surface area contributed by atoms with E-state index >= 15 is 0 Å². The second-order valence-corrected chi connectivity index (χ2v) is 7.35. The zero-order valence-electron chi connectivity index (χ0n) is 18.1. The molecule has 0 amide bonds. The zero-order valence-corrected chi connectivity index (χ0v) is 18.1. The van der Waals surface area contributed by atoms with Crippen molar-refractivity contribution >= 4 is 11.5 Å². The van der Waals surface area contributed by atoms with Gasteiger partial charge in [0.25, 0.3) is 0 Å². The smallest absolute Gasteiger partial charge is 0.125 e. The van der Waals surface area contributed by atoms with Gasteiger partial charge in [0.1, 0.15) is 11.6 Å². The third-order valence-corrected chi connectivity index (χ3v) is 4.48. The van der Waals surface area contributed by atoms with E-state index in [9.17, 15) is 0 Å². The molecule has 4 nitrogen and oxygen atoms in total. The predicted molar refractivity (Wildman–Crippen MR) is 124 cm³/mol. The average molecular weight is 392 g/mol. The summed E-state index contributed by atoms with van der Waals surface area (Å²) < 4.78 is 6.00. The SMILES string of the molecule is CCC/C(C)=C(/CCOc1cccc(CN=C(N)c2ccccc2)c1)N=C(C)C. The largest absolute Gasteiger partial charge is 0.493 e. The van der Waals surface area contributed by atoms with Crippen LogP contribution in [-0.4, -0.2) is 18.2 Å². The molecule has 0 fully saturated rings. The first-order valence-corrected chi connectivity index (χ1v) is 10.3. The first-order chi connectivity index (χ1) is 14.0. The molecule has 0 bridgehead atoms. The molecule has 2 aromatic rings. The molecular formula is C25H33N3O. The highest BCUT2D eigenvalue weighted by Crippen LogP contribution is 2.19. The molecule has 0 aromatic heterocycles. The molecular weight excluding hydrogens is 358 g/mol. The third-order valence-electron chi connectivity index (χ3n) is 4.48. The Balaban J connectivity index is 1.97.